The number of nitrogens with zero attached hydrogens (tertiary/aromatic N) is 3. The van der Waals surface area contributed by atoms with Crippen LogP contribution in [-0.4, -0.2) is 15.9 Å². The predicted octanol–water partition coefficient (Wildman–Crippen LogP) is 4.96. The van der Waals surface area contributed by atoms with Crippen molar-refractivity contribution in [2.75, 3.05) is 4.90 Å². The molecular formula is C22H16FN3O2S. The van der Waals surface area contributed by atoms with Crippen LogP contribution in [0.15, 0.2) is 85.4 Å². The van der Waals surface area contributed by atoms with Gasteiger partial charge in [-0.2, -0.15) is 0 Å². The molecule has 0 unspecified atom stereocenters. The summed E-state index contributed by atoms with van der Waals surface area (Å²) in [6, 6.07) is 17.6. The number of amides is 1. The zero-order chi connectivity index (χ0) is 20.1. The van der Waals surface area contributed by atoms with Gasteiger partial charge in [-0.3, -0.25) is 14.7 Å². The molecule has 2 heterocycles. The number of hydrogen-bond donors (Lipinski definition) is 0. The molecule has 0 spiro atoms. The number of hydrogen-bond acceptors (Lipinski definition) is 5. The van der Waals surface area contributed by atoms with E-state index in [1.807, 2.05) is 24.3 Å². The molecule has 0 aliphatic carbocycles. The summed E-state index contributed by atoms with van der Waals surface area (Å²) in [5, 5.41) is 0.406. The number of carbonyl (C=O) groups is 1. The van der Waals surface area contributed by atoms with Crippen molar-refractivity contribution in [3.63, 3.8) is 0 Å². The van der Waals surface area contributed by atoms with Crippen LogP contribution in [0.25, 0.3) is 10.2 Å². The number of para-hydroxylation sites is 2. The highest BCUT2D eigenvalue weighted by atomic mass is 32.1. The number of pyridine rings is 1. The van der Waals surface area contributed by atoms with E-state index in [1.54, 1.807) is 42.7 Å². The molecule has 5 nitrogen and oxygen atoms in total. The number of fused-ring (bicyclic) bond motifs is 1. The lowest BCUT2D eigenvalue weighted by molar-refractivity contribution is -0.114. The molecule has 7 heteroatoms. The lowest BCUT2D eigenvalue weighted by Gasteiger charge is -2.18. The van der Waals surface area contributed by atoms with Gasteiger partial charge < -0.3 is 4.74 Å². The van der Waals surface area contributed by atoms with Gasteiger partial charge in [-0.15, -0.1) is 0 Å². The van der Waals surface area contributed by atoms with Gasteiger partial charge in [-0.1, -0.05) is 41.7 Å². The van der Waals surface area contributed by atoms with Gasteiger partial charge in [0.15, 0.2) is 5.13 Å². The highest BCUT2D eigenvalue weighted by molar-refractivity contribution is 7.22. The van der Waals surface area contributed by atoms with Gasteiger partial charge in [0.1, 0.15) is 17.1 Å². The summed E-state index contributed by atoms with van der Waals surface area (Å²) in [5.41, 5.74) is 1.08. The van der Waals surface area contributed by atoms with Gasteiger partial charge in [0, 0.05) is 18.5 Å². The molecule has 4 rings (SSSR count). The van der Waals surface area contributed by atoms with Crippen LogP contribution in [0.5, 0.6) is 5.75 Å². The van der Waals surface area contributed by atoms with E-state index in [4.69, 9.17) is 4.74 Å². The molecule has 144 valence electrons. The molecule has 0 atom stereocenters. The number of anilines is 1. The molecule has 0 aliphatic rings. The van der Waals surface area contributed by atoms with Crippen LogP contribution >= 0.6 is 11.3 Å². The standard InChI is InChI=1S/C22H16FN3O2S/c23-18-9-4-10-19-21(18)25-22(29-19)26(15-16-6-5-12-24-14-16)20(27)11-13-28-17-7-2-1-3-8-17/h1-14H,15H2. The Hall–Kier alpha value is -3.58. The molecule has 1 amide bonds. The van der Waals surface area contributed by atoms with Crippen molar-refractivity contribution in [3.8, 4) is 5.75 Å². The Morgan fingerprint density at radius 2 is 1.97 bits per heavy atom. The molecule has 2 aromatic carbocycles. The van der Waals surface area contributed by atoms with Gasteiger partial charge in [-0.05, 0) is 35.9 Å². The predicted molar refractivity (Wildman–Crippen MR) is 111 cm³/mol. The lowest BCUT2D eigenvalue weighted by atomic mass is 10.2. The van der Waals surface area contributed by atoms with Crippen LogP contribution in [0, 0.1) is 5.82 Å². The van der Waals surface area contributed by atoms with Crippen LogP contribution in [0.4, 0.5) is 9.52 Å². The molecule has 29 heavy (non-hydrogen) atoms. The first-order valence-electron chi connectivity index (χ1n) is 8.84. The summed E-state index contributed by atoms with van der Waals surface area (Å²) in [6.07, 6.45) is 6.00. The van der Waals surface area contributed by atoms with E-state index in [9.17, 15) is 9.18 Å². The molecule has 0 radical (unpaired) electrons. The maximum Gasteiger partial charge on any atom is 0.256 e. The number of ether oxygens (including phenoxy) is 1. The van der Waals surface area contributed by atoms with Crippen LogP contribution in [0.3, 0.4) is 0 Å². The minimum Gasteiger partial charge on any atom is -0.465 e. The van der Waals surface area contributed by atoms with Gasteiger partial charge in [0.05, 0.1) is 17.5 Å². The topological polar surface area (TPSA) is 55.3 Å². The van der Waals surface area contributed by atoms with Gasteiger partial charge in [-0.25, -0.2) is 9.37 Å². The Bertz CT molecular complexity index is 1150. The summed E-state index contributed by atoms with van der Waals surface area (Å²) >= 11 is 1.26. The Balaban J connectivity index is 1.62. The minimum atomic E-state index is -0.415. The maximum absolute atomic E-state index is 14.1. The van der Waals surface area contributed by atoms with Crippen molar-refractivity contribution >= 4 is 32.6 Å². The summed E-state index contributed by atoms with van der Waals surface area (Å²) < 4.78 is 20.2. The van der Waals surface area contributed by atoms with E-state index in [-0.39, 0.29) is 18.0 Å². The van der Waals surface area contributed by atoms with Crippen molar-refractivity contribution in [3.05, 3.63) is 96.8 Å². The summed E-state index contributed by atoms with van der Waals surface area (Å²) in [5.74, 6) is -0.122. The molecule has 0 bridgehead atoms. The van der Waals surface area contributed by atoms with E-state index in [1.165, 1.54) is 34.6 Å². The molecule has 0 fully saturated rings. The largest absolute Gasteiger partial charge is 0.465 e. The van der Waals surface area contributed by atoms with Crippen LogP contribution in [0.1, 0.15) is 5.56 Å². The number of benzene rings is 2. The van der Waals surface area contributed by atoms with Crippen molar-refractivity contribution < 1.29 is 13.9 Å². The number of thiazole rings is 1. The van der Waals surface area contributed by atoms with Crippen molar-refractivity contribution in [1.29, 1.82) is 0 Å². The van der Waals surface area contributed by atoms with Gasteiger partial charge in [0.2, 0.25) is 0 Å². The molecular weight excluding hydrogens is 389 g/mol. The van der Waals surface area contributed by atoms with E-state index in [0.29, 0.717) is 15.6 Å². The average molecular weight is 405 g/mol. The van der Waals surface area contributed by atoms with Gasteiger partial charge >= 0.3 is 0 Å². The first kappa shape index (κ1) is 18.8. The second kappa shape index (κ2) is 8.62. The highest BCUT2D eigenvalue weighted by Crippen LogP contribution is 2.31. The Labute approximate surface area is 170 Å². The quantitative estimate of drug-likeness (QED) is 0.336. The fourth-order valence-electron chi connectivity index (χ4n) is 2.69. The van der Waals surface area contributed by atoms with Crippen molar-refractivity contribution in [2.24, 2.45) is 0 Å². The average Bonchev–Trinajstić information content (AvgIpc) is 3.19. The monoisotopic (exact) mass is 405 g/mol. The SMILES string of the molecule is O=C(C=COc1ccccc1)N(Cc1cccnc1)c1nc2c(F)cccc2s1. The summed E-state index contributed by atoms with van der Waals surface area (Å²) in [6.45, 7) is 0.254. The van der Waals surface area contributed by atoms with E-state index in [2.05, 4.69) is 9.97 Å². The van der Waals surface area contributed by atoms with Gasteiger partial charge in [0.25, 0.3) is 5.91 Å². The van der Waals surface area contributed by atoms with Crippen LogP contribution < -0.4 is 9.64 Å². The fraction of sp³-hybridized carbons (Fsp3) is 0.0455. The highest BCUT2D eigenvalue weighted by Gasteiger charge is 2.19. The molecule has 2 aromatic heterocycles. The summed E-state index contributed by atoms with van der Waals surface area (Å²) in [4.78, 5) is 22.8. The third-order valence-electron chi connectivity index (χ3n) is 4.08. The van der Waals surface area contributed by atoms with Crippen LogP contribution in [0.2, 0.25) is 0 Å². The molecule has 0 saturated heterocycles. The number of aromatic nitrogens is 2. The number of carbonyl (C=O) groups excluding carboxylic acids is 1. The Morgan fingerprint density at radius 3 is 2.72 bits per heavy atom. The third kappa shape index (κ3) is 4.47. The first-order valence-corrected chi connectivity index (χ1v) is 9.66. The summed E-state index contributed by atoms with van der Waals surface area (Å²) in [7, 11) is 0. The minimum absolute atomic E-state index is 0.251. The first-order chi connectivity index (χ1) is 14.2. The number of rotatable bonds is 6. The lowest BCUT2D eigenvalue weighted by Crippen LogP contribution is -2.28. The van der Waals surface area contributed by atoms with E-state index < -0.39 is 5.82 Å². The van der Waals surface area contributed by atoms with E-state index >= 15 is 0 Å². The molecule has 0 aliphatic heterocycles. The molecule has 0 saturated carbocycles. The van der Waals surface area contributed by atoms with Crippen molar-refractivity contribution in [1.82, 2.24) is 9.97 Å². The molecule has 0 N–H and O–H groups in total. The second-order valence-corrected chi connectivity index (χ2v) is 7.11. The molecule has 4 aromatic rings. The number of halogens is 1. The second-order valence-electron chi connectivity index (χ2n) is 6.10. The zero-order valence-corrected chi connectivity index (χ0v) is 16.1. The zero-order valence-electron chi connectivity index (χ0n) is 15.2. The normalized spacial score (nSPS) is 11.1. The third-order valence-corrected chi connectivity index (χ3v) is 5.12. The van der Waals surface area contributed by atoms with Crippen molar-refractivity contribution in [2.45, 2.75) is 6.54 Å². The van der Waals surface area contributed by atoms with E-state index in [0.717, 1.165) is 5.56 Å². The Morgan fingerprint density at radius 1 is 1.10 bits per heavy atom. The van der Waals surface area contributed by atoms with Crippen LogP contribution in [-0.2, 0) is 11.3 Å². The fourth-order valence-corrected chi connectivity index (χ4v) is 3.68. The smallest absolute Gasteiger partial charge is 0.256 e. The maximum atomic E-state index is 14.1. The Kier molecular flexibility index (Phi) is 5.58.